The van der Waals surface area contributed by atoms with E-state index in [1.54, 1.807) is 18.2 Å². The lowest BCUT2D eigenvalue weighted by molar-refractivity contribution is -0.112. The summed E-state index contributed by atoms with van der Waals surface area (Å²) in [6, 6.07) is 26.2. The molecule has 30 heavy (non-hydrogen) atoms. The lowest BCUT2D eigenvalue weighted by Crippen LogP contribution is -2.21. The monoisotopic (exact) mass is 417 g/mol. The van der Waals surface area contributed by atoms with Gasteiger partial charge in [-0.05, 0) is 29.3 Å². The number of nitrogens with one attached hydrogen (secondary N) is 2. The molecule has 0 unspecified atom stereocenters. The number of methoxy groups -OCH3 is 1. The number of nitriles is 1. The number of carbonyl (C=O) groups is 1. The Bertz CT molecular complexity index is 1040. The first-order chi connectivity index (χ1) is 14.6. The summed E-state index contributed by atoms with van der Waals surface area (Å²) in [5, 5.41) is 15.8. The molecule has 0 spiro atoms. The van der Waals surface area contributed by atoms with E-state index in [0.717, 1.165) is 11.1 Å². The number of rotatable bonds is 7. The van der Waals surface area contributed by atoms with Gasteiger partial charge in [0.05, 0.1) is 18.2 Å². The molecule has 3 aromatic rings. The van der Waals surface area contributed by atoms with E-state index in [4.69, 9.17) is 16.3 Å². The molecule has 0 aliphatic heterocycles. The highest BCUT2D eigenvalue weighted by Crippen LogP contribution is 2.27. The highest BCUT2D eigenvalue weighted by molar-refractivity contribution is 6.32. The minimum absolute atomic E-state index is 0.0567. The maximum absolute atomic E-state index is 12.6. The molecule has 0 saturated carbocycles. The van der Waals surface area contributed by atoms with E-state index in [2.05, 4.69) is 10.6 Å². The van der Waals surface area contributed by atoms with E-state index >= 15 is 0 Å². The Hall–Kier alpha value is -3.75. The molecule has 0 radical (unpaired) electrons. The van der Waals surface area contributed by atoms with Crippen LogP contribution < -0.4 is 15.4 Å². The van der Waals surface area contributed by atoms with Crippen LogP contribution in [-0.4, -0.2) is 13.0 Å². The Morgan fingerprint density at radius 3 is 2.13 bits per heavy atom. The van der Waals surface area contributed by atoms with Crippen LogP contribution in [0.3, 0.4) is 0 Å². The molecule has 0 fully saturated rings. The Kier molecular flexibility index (Phi) is 7.09. The predicted molar refractivity (Wildman–Crippen MR) is 118 cm³/mol. The van der Waals surface area contributed by atoms with Gasteiger partial charge in [-0.2, -0.15) is 5.26 Å². The number of hydrogen-bond acceptors (Lipinski definition) is 4. The molecule has 0 aliphatic rings. The summed E-state index contributed by atoms with van der Waals surface area (Å²) >= 11 is 6.10. The molecule has 0 bridgehead atoms. The van der Waals surface area contributed by atoms with Gasteiger partial charge in [0.2, 0.25) is 0 Å². The van der Waals surface area contributed by atoms with Crippen LogP contribution in [0.4, 0.5) is 5.69 Å². The van der Waals surface area contributed by atoms with Gasteiger partial charge in [0.25, 0.3) is 5.91 Å². The largest absolute Gasteiger partial charge is 0.495 e. The molecule has 2 N–H and O–H groups in total. The number of hydrogen-bond donors (Lipinski definition) is 2. The van der Waals surface area contributed by atoms with Crippen molar-refractivity contribution >= 4 is 23.2 Å². The third-order valence-electron chi connectivity index (χ3n) is 4.43. The standard InChI is InChI=1S/C24H20ClN3O2/c1-30-22-13-12-20(14-21(22)25)28-24(29)19(15-26)16-27-23(17-8-4-2-5-9-17)18-10-6-3-7-11-18/h2-14,16,23,27H,1H3,(H,28,29)/b19-16-. The summed E-state index contributed by atoms with van der Waals surface area (Å²) in [4.78, 5) is 12.6. The van der Waals surface area contributed by atoms with Gasteiger partial charge in [-0.15, -0.1) is 0 Å². The molecule has 150 valence electrons. The smallest absolute Gasteiger partial charge is 0.267 e. The van der Waals surface area contributed by atoms with Crippen LogP contribution >= 0.6 is 11.6 Å². The molecule has 3 aromatic carbocycles. The topological polar surface area (TPSA) is 74.1 Å². The zero-order valence-electron chi connectivity index (χ0n) is 16.3. The fourth-order valence-corrected chi connectivity index (χ4v) is 3.19. The third-order valence-corrected chi connectivity index (χ3v) is 4.73. The van der Waals surface area contributed by atoms with Gasteiger partial charge in [-0.3, -0.25) is 4.79 Å². The van der Waals surface area contributed by atoms with Crippen molar-refractivity contribution in [2.45, 2.75) is 6.04 Å². The summed E-state index contributed by atoms with van der Waals surface area (Å²) in [6.07, 6.45) is 1.44. The second kappa shape index (κ2) is 10.1. The minimum Gasteiger partial charge on any atom is -0.495 e. The van der Waals surface area contributed by atoms with Gasteiger partial charge in [-0.1, -0.05) is 72.3 Å². The predicted octanol–water partition coefficient (Wildman–Crippen LogP) is 5.07. The number of nitrogens with zero attached hydrogens (tertiary/aromatic N) is 1. The molecule has 0 atom stereocenters. The minimum atomic E-state index is -0.536. The van der Waals surface area contributed by atoms with Crippen LogP contribution in [0.2, 0.25) is 5.02 Å². The SMILES string of the molecule is COc1ccc(NC(=O)/C(C#N)=C\NC(c2ccccc2)c2ccccc2)cc1Cl. The van der Waals surface area contributed by atoms with Crippen molar-refractivity contribution in [3.8, 4) is 11.8 Å². The lowest BCUT2D eigenvalue weighted by atomic mass is 9.99. The van der Waals surface area contributed by atoms with Crippen molar-refractivity contribution in [2.75, 3.05) is 12.4 Å². The Balaban J connectivity index is 1.80. The van der Waals surface area contributed by atoms with E-state index < -0.39 is 5.91 Å². The van der Waals surface area contributed by atoms with E-state index in [1.165, 1.54) is 13.3 Å². The average molecular weight is 418 g/mol. The van der Waals surface area contributed by atoms with Gasteiger partial charge in [0.15, 0.2) is 0 Å². The van der Waals surface area contributed by atoms with Crippen LogP contribution in [0.5, 0.6) is 5.75 Å². The second-order valence-electron chi connectivity index (χ2n) is 6.39. The van der Waals surface area contributed by atoms with Gasteiger partial charge < -0.3 is 15.4 Å². The summed E-state index contributed by atoms with van der Waals surface area (Å²) in [5.74, 6) is -0.0351. The Labute approximate surface area is 180 Å². The Morgan fingerprint density at radius 2 is 1.63 bits per heavy atom. The summed E-state index contributed by atoms with van der Waals surface area (Å²) in [7, 11) is 1.51. The number of amides is 1. The van der Waals surface area contributed by atoms with Crippen LogP contribution in [0.15, 0.2) is 90.6 Å². The van der Waals surface area contributed by atoms with Crippen molar-refractivity contribution < 1.29 is 9.53 Å². The van der Waals surface area contributed by atoms with Crippen molar-refractivity contribution in [3.05, 3.63) is 107 Å². The fraction of sp³-hybridized carbons (Fsp3) is 0.0833. The first kappa shape index (κ1) is 21.0. The van der Waals surface area contributed by atoms with Crippen LogP contribution in [0.25, 0.3) is 0 Å². The van der Waals surface area contributed by atoms with Crippen molar-refractivity contribution in [3.63, 3.8) is 0 Å². The molecular weight excluding hydrogens is 398 g/mol. The number of benzene rings is 3. The number of halogens is 1. The molecule has 0 heterocycles. The highest BCUT2D eigenvalue weighted by atomic mass is 35.5. The lowest BCUT2D eigenvalue weighted by Gasteiger charge is -2.19. The van der Waals surface area contributed by atoms with Gasteiger partial charge >= 0.3 is 0 Å². The molecule has 5 nitrogen and oxygen atoms in total. The maximum Gasteiger partial charge on any atom is 0.267 e. The van der Waals surface area contributed by atoms with E-state index in [9.17, 15) is 10.1 Å². The van der Waals surface area contributed by atoms with Gasteiger partial charge in [-0.25, -0.2) is 0 Å². The summed E-state index contributed by atoms with van der Waals surface area (Å²) < 4.78 is 5.10. The van der Waals surface area contributed by atoms with E-state index in [1.807, 2.05) is 66.7 Å². The van der Waals surface area contributed by atoms with Crippen molar-refractivity contribution in [2.24, 2.45) is 0 Å². The molecule has 0 aromatic heterocycles. The van der Waals surface area contributed by atoms with Crippen molar-refractivity contribution in [1.82, 2.24) is 5.32 Å². The van der Waals surface area contributed by atoms with Gasteiger partial charge in [0.1, 0.15) is 17.4 Å². The molecule has 1 amide bonds. The Morgan fingerprint density at radius 1 is 1.03 bits per heavy atom. The van der Waals surface area contributed by atoms with E-state index in [-0.39, 0.29) is 11.6 Å². The van der Waals surface area contributed by atoms with Crippen LogP contribution in [0.1, 0.15) is 17.2 Å². The third kappa shape index (κ3) is 5.19. The average Bonchev–Trinajstić information content (AvgIpc) is 2.78. The van der Waals surface area contributed by atoms with Gasteiger partial charge in [0, 0.05) is 11.9 Å². The molecule has 6 heteroatoms. The fourth-order valence-electron chi connectivity index (χ4n) is 2.93. The molecule has 0 aliphatic carbocycles. The zero-order chi connectivity index (χ0) is 21.3. The first-order valence-corrected chi connectivity index (χ1v) is 9.61. The van der Waals surface area contributed by atoms with Crippen LogP contribution in [0, 0.1) is 11.3 Å². The first-order valence-electron chi connectivity index (χ1n) is 9.23. The quantitative estimate of drug-likeness (QED) is 0.415. The highest BCUT2D eigenvalue weighted by Gasteiger charge is 2.15. The maximum atomic E-state index is 12.6. The van der Waals surface area contributed by atoms with Crippen LogP contribution in [-0.2, 0) is 4.79 Å². The molecular formula is C24H20ClN3O2. The normalized spacial score (nSPS) is 10.9. The number of ether oxygens (including phenoxy) is 1. The molecule has 0 saturated heterocycles. The zero-order valence-corrected chi connectivity index (χ0v) is 17.1. The van der Waals surface area contributed by atoms with Crippen molar-refractivity contribution in [1.29, 1.82) is 5.26 Å². The summed E-state index contributed by atoms with van der Waals surface area (Å²) in [6.45, 7) is 0. The summed E-state index contributed by atoms with van der Waals surface area (Å²) in [5.41, 5.74) is 2.44. The van der Waals surface area contributed by atoms with E-state index in [0.29, 0.717) is 16.5 Å². The molecule has 3 rings (SSSR count). The second-order valence-corrected chi connectivity index (χ2v) is 6.80. The number of carbonyl (C=O) groups excluding carboxylic acids is 1. The number of anilines is 1.